The average Bonchev–Trinajstić information content (AvgIpc) is 2.80. The maximum Gasteiger partial charge on any atom is 0.230 e. The summed E-state index contributed by atoms with van der Waals surface area (Å²) in [5, 5.41) is 4.76. The third kappa shape index (κ3) is 4.40. The lowest BCUT2D eigenvalue weighted by Crippen LogP contribution is -2.21. The van der Waals surface area contributed by atoms with Crippen LogP contribution in [0.4, 0.5) is 15.2 Å². The van der Waals surface area contributed by atoms with Crippen molar-refractivity contribution in [2.75, 3.05) is 5.32 Å². The number of rotatable bonds is 4. The van der Waals surface area contributed by atoms with E-state index in [9.17, 15) is 9.18 Å². The highest BCUT2D eigenvalue weighted by Crippen LogP contribution is 2.21. The molecule has 1 aromatic heterocycles. The van der Waals surface area contributed by atoms with E-state index >= 15 is 0 Å². The highest BCUT2D eigenvalue weighted by atomic mass is 35.5. The molecular weight excluding hydrogens is 317 g/mol. The Labute approximate surface area is 128 Å². The van der Waals surface area contributed by atoms with E-state index < -0.39 is 11.7 Å². The van der Waals surface area contributed by atoms with Crippen LogP contribution >= 0.6 is 22.9 Å². The van der Waals surface area contributed by atoms with E-state index in [-0.39, 0.29) is 18.1 Å². The molecular formula is C12H11ClFN5OS. The van der Waals surface area contributed by atoms with Gasteiger partial charge in [0.05, 0.1) is 17.8 Å². The van der Waals surface area contributed by atoms with Crippen molar-refractivity contribution in [3.63, 3.8) is 0 Å². The summed E-state index contributed by atoms with van der Waals surface area (Å²) in [7, 11) is 0. The molecule has 5 N–H and O–H groups in total. The lowest BCUT2D eigenvalue weighted by Gasteiger charge is -2.05. The Hall–Kier alpha value is -2.19. The zero-order valence-electron chi connectivity index (χ0n) is 10.6. The van der Waals surface area contributed by atoms with Crippen molar-refractivity contribution in [3.05, 3.63) is 40.1 Å². The summed E-state index contributed by atoms with van der Waals surface area (Å²) in [5.41, 5.74) is 11.0. The summed E-state index contributed by atoms with van der Waals surface area (Å²) in [6.45, 7) is 0. The topological polar surface area (TPSA) is 106 Å². The van der Waals surface area contributed by atoms with Gasteiger partial charge in [-0.25, -0.2) is 9.37 Å². The van der Waals surface area contributed by atoms with Gasteiger partial charge in [0, 0.05) is 10.4 Å². The second kappa shape index (κ2) is 6.51. The van der Waals surface area contributed by atoms with Crippen molar-refractivity contribution in [3.8, 4) is 0 Å². The molecule has 6 nitrogen and oxygen atoms in total. The minimum absolute atomic E-state index is 0.0205. The fourth-order valence-electron chi connectivity index (χ4n) is 1.49. The second-order valence-electron chi connectivity index (χ2n) is 4.01. The number of anilines is 1. The smallest absolute Gasteiger partial charge is 0.230 e. The Morgan fingerprint density at radius 1 is 1.48 bits per heavy atom. The molecule has 0 aliphatic carbocycles. The first-order valence-electron chi connectivity index (χ1n) is 5.73. The van der Waals surface area contributed by atoms with Gasteiger partial charge >= 0.3 is 0 Å². The van der Waals surface area contributed by atoms with Gasteiger partial charge in [0.1, 0.15) is 5.82 Å². The molecule has 2 rings (SSSR count). The van der Waals surface area contributed by atoms with E-state index in [1.807, 2.05) is 0 Å². The predicted octanol–water partition coefficient (Wildman–Crippen LogP) is 2.02. The normalized spacial score (nSPS) is 10.2. The minimum atomic E-state index is -0.563. The molecule has 0 aliphatic rings. The number of thiazole rings is 1. The quantitative estimate of drug-likeness (QED) is 0.590. The molecule has 1 heterocycles. The minimum Gasteiger partial charge on any atom is -0.370 e. The lowest BCUT2D eigenvalue weighted by atomic mass is 10.2. The van der Waals surface area contributed by atoms with Crippen LogP contribution < -0.4 is 16.8 Å². The van der Waals surface area contributed by atoms with Crippen LogP contribution in [0.25, 0.3) is 0 Å². The Kier molecular flexibility index (Phi) is 4.71. The van der Waals surface area contributed by atoms with Crippen molar-refractivity contribution in [2.45, 2.75) is 6.42 Å². The van der Waals surface area contributed by atoms with Gasteiger partial charge in [0.25, 0.3) is 0 Å². The number of guanidine groups is 1. The number of nitrogens with zero attached hydrogens (tertiary/aromatic N) is 2. The van der Waals surface area contributed by atoms with Gasteiger partial charge in [0.15, 0.2) is 5.96 Å². The highest BCUT2D eigenvalue weighted by molar-refractivity contribution is 7.13. The third-order valence-corrected chi connectivity index (χ3v) is 3.33. The Bertz CT molecular complexity index is 699. The summed E-state index contributed by atoms with van der Waals surface area (Å²) >= 11 is 6.94. The fourth-order valence-corrected chi connectivity index (χ4v) is 2.37. The molecule has 0 atom stereocenters. The summed E-state index contributed by atoms with van der Waals surface area (Å²) in [4.78, 5) is 19.7. The first kappa shape index (κ1) is 15.2. The highest BCUT2D eigenvalue weighted by Gasteiger charge is 2.11. The van der Waals surface area contributed by atoms with Crippen molar-refractivity contribution in [1.82, 2.24) is 4.98 Å². The summed E-state index contributed by atoms with van der Waals surface area (Å²) < 4.78 is 13.5. The van der Waals surface area contributed by atoms with Gasteiger partial charge in [-0.1, -0.05) is 11.6 Å². The first-order valence-corrected chi connectivity index (χ1v) is 6.99. The molecule has 0 saturated heterocycles. The standard InChI is InChI=1S/C12H11ClFN5OS/c13-6-1-2-8(14)9(3-6)18-10(20)4-7-5-21-12(17-7)19-11(15)16/h1-3,5H,4H2,(H,18,20)(H4,15,16,17,19). The van der Waals surface area contributed by atoms with Gasteiger partial charge in [-0.15, -0.1) is 11.3 Å². The Balaban J connectivity index is 2.03. The molecule has 0 aliphatic heterocycles. The van der Waals surface area contributed by atoms with Gasteiger partial charge < -0.3 is 16.8 Å². The summed E-state index contributed by atoms with van der Waals surface area (Å²) in [6, 6.07) is 3.91. The number of hydrogen-bond acceptors (Lipinski definition) is 4. The number of carbonyl (C=O) groups excluding carboxylic acids is 1. The van der Waals surface area contributed by atoms with Crippen molar-refractivity contribution in [2.24, 2.45) is 16.5 Å². The van der Waals surface area contributed by atoms with Crippen molar-refractivity contribution in [1.29, 1.82) is 0 Å². The number of benzene rings is 1. The van der Waals surface area contributed by atoms with Gasteiger partial charge in [-0.2, -0.15) is 4.99 Å². The van der Waals surface area contributed by atoms with Crippen molar-refractivity contribution >= 4 is 45.6 Å². The molecule has 0 fully saturated rings. The Morgan fingerprint density at radius 2 is 2.24 bits per heavy atom. The molecule has 0 saturated carbocycles. The molecule has 110 valence electrons. The SMILES string of the molecule is NC(N)=Nc1nc(CC(=O)Nc2cc(Cl)ccc2F)cs1. The maximum atomic E-state index is 13.5. The number of halogens is 2. The number of aliphatic imine (C=N–C) groups is 1. The summed E-state index contributed by atoms with van der Waals surface area (Å²) in [6.07, 6.45) is -0.0253. The van der Waals surface area contributed by atoms with Crippen LogP contribution in [0.1, 0.15) is 5.69 Å². The molecule has 9 heteroatoms. The van der Waals surface area contributed by atoms with E-state index in [1.165, 1.54) is 29.5 Å². The average molecular weight is 328 g/mol. The molecule has 0 radical (unpaired) electrons. The van der Waals surface area contributed by atoms with E-state index in [1.54, 1.807) is 5.38 Å². The maximum absolute atomic E-state index is 13.5. The molecule has 0 bridgehead atoms. The van der Waals surface area contributed by atoms with Crippen LogP contribution in [0.2, 0.25) is 5.02 Å². The third-order valence-electron chi connectivity index (χ3n) is 2.31. The zero-order valence-corrected chi connectivity index (χ0v) is 12.2. The van der Waals surface area contributed by atoms with Crippen LogP contribution in [-0.4, -0.2) is 16.9 Å². The van der Waals surface area contributed by atoms with Gasteiger partial charge in [-0.05, 0) is 18.2 Å². The molecule has 0 unspecified atom stereocenters. The number of amides is 1. The number of aromatic nitrogens is 1. The van der Waals surface area contributed by atoms with Crippen molar-refractivity contribution < 1.29 is 9.18 Å². The Morgan fingerprint density at radius 3 is 2.95 bits per heavy atom. The first-order chi connectivity index (χ1) is 9.94. The molecule has 21 heavy (non-hydrogen) atoms. The monoisotopic (exact) mass is 327 g/mol. The van der Waals surface area contributed by atoms with Crippen LogP contribution in [0.3, 0.4) is 0 Å². The largest absolute Gasteiger partial charge is 0.370 e. The molecule has 0 spiro atoms. The number of carbonyl (C=O) groups is 1. The predicted molar refractivity (Wildman–Crippen MR) is 81.3 cm³/mol. The number of hydrogen-bond donors (Lipinski definition) is 3. The zero-order chi connectivity index (χ0) is 15.4. The number of nitrogens with two attached hydrogens (primary N) is 2. The van der Waals surface area contributed by atoms with Crippen LogP contribution in [0.5, 0.6) is 0 Å². The molecule has 1 amide bonds. The molecule has 2 aromatic rings. The van der Waals surface area contributed by atoms with Crippen LogP contribution in [0.15, 0.2) is 28.6 Å². The van der Waals surface area contributed by atoms with E-state index in [0.29, 0.717) is 15.8 Å². The van der Waals surface area contributed by atoms with Crippen LogP contribution in [-0.2, 0) is 11.2 Å². The number of nitrogens with one attached hydrogen (secondary N) is 1. The van der Waals surface area contributed by atoms with Gasteiger partial charge in [0.2, 0.25) is 11.0 Å². The van der Waals surface area contributed by atoms with E-state index in [2.05, 4.69) is 15.3 Å². The summed E-state index contributed by atoms with van der Waals surface area (Å²) in [5.74, 6) is -1.09. The molecule has 1 aromatic carbocycles. The fraction of sp³-hybridized carbons (Fsp3) is 0.0833. The second-order valence-corrected chi connectivity index (χ2v) is 5.28. The van der Waals surface area contributed by atoms with E-state index in [0.717, 1.165) is 0 Å². The van der Waals surface area contributed by atoms with E-state index in [4.69, 9.17) is 23.1 Å². The van der Waals surface area contributed by atoms with Gasteiger partial charge in [-0.3, -0.25) is 4.79 Å². The lowest BCUT2D eigenvalue weighted by molar-refractivity contribution is -0.115. The van der Waals surface area contributed by atoms with Crippen LogP contribution in [0, 0.1) is 5.82 Å².